The predicted molar refractivity (Wildman–Crippen MR) is 133 cm³/mol. The number of aryl methyl sites for hydroxylation is 2. The smallest absolute Gasteiger partial charge is 0.410 e. The van der Waals surface area contributed by atoms with E-state index >= 15 is 0 Å². The highest BCUT2D eigenvalue weighted by Gasteiger charge is 2.31. The van der Waals surface area contributed by atoms with Crippen LogP contribution in [-0.4, -0.2) is 43.6 Å². The van der Waals surface area contributed by atoms with E-state index in [-0.39, 0.29) is 17.7 Å². The van der Waals surface area contributed by atoms with Gasteiger partial charge in [-0.15, -0.1) is 0 Å². The lowest BCUT2D eigenvalue weighted by molar-refractivity contribution is 0.0289. The van der Waals surface area contributed by atoms with Crippen molar-refractivity contribution in [2.75, 3.05) is 13.1 Å². The van der Waals surface area contributed by atoms with Gasteiger partial charge in [0.2, 0.25) is 0 Å². The number of hydrogen-bond donors (Lipinski definition) is 0. The van der Waals surface area contributed by atoms with Crippen molar-refractivity contribution < 1.29 is 13.9 Å². The van der Waals surface area contributed by atoms with Crippen LogP contribution in [0.25, 0.3) is 27.5 Å². The maximum atomic E-state index is 14.6. The number of amides is 1. The van der Waals surface area contributed by atoms with Gasteiger partial charge in [-0.3, -0.25) is 4.79 Å². The molecule has 1 atom stereocenters. The maximum absolute atomic E-state index is 14.6. The average Bonchev–Trinajstić information content (AvgIpc) is 3.41. The molecule has 0 aliphatic carbocycles. The summed E-state index contributed by atoms with van der Waals surface area (Å²) in [6.07, 6.45) is 5.83. The van der Waals surface area contributed by atoms with Crippen molar-refractivity contribution in [3.05, 3.63) is 70.3 Å². The van der Waals surface area contributed by atoms with E-state index in [0.717, 1.165) is 22.2 Å². The minimum atomic E-state index is -0.562. The van der Waals surface area contributed by atoms with E-state index < -0.39 is 11.4 Å². The number of aromatic nitrogens is 3. The molecular weight excluding hydrogens is 447 g/mol. The highest BCUT2D eigenvalue weighted by Crippen LogP contribution is 2.29. The zero-order valence-electron chi connectivity index (χ0n) is 20.6. The summed E-state index contributed by atoms with van der Waals surface area (Å²) in [7, 11) is 0. The van der Waals surface area contributed by atoms with Crippen LogP contribution in [-0.2, 0) is 4.74 Å². The standard InChI is InChI=1S/C27H29FN4O3/c1-16-12-32(20-8-9-30(15-20)26(34)35-27(3,4)5)25(33)21-7-6-18(10-22(16)21)19-11-23(28)24-29-17(2)13-31(24)14-19/h6-7,10-14,20H,8-9,15H2,1-5H3. The molecule has 0 radical (unpaired) electrons. The molecule has 35 heavy (non-hydrogen) atoms. The monoisotopic (exact) mass is 476 g/mol. The molecule has 5 rings (SSSR count). The number of fused-ring (bicyclic) bond motifs is 2. The Labute approximate surface area is 202 Å². The lowest BCUT2D eigenvalue weighted by Gasteiger charge is -2.24. The number of carbonyl (C=O) groups is 1. The first-order valence-electron chi connectivity index (χ1n) is 11.8. The van der Waals surface area contributed by atoms with Crippen LogP contribution in [0.4, 0.5) is 9.18 Å². The molecule has 182 valence electrons. The highest BCUT2D eigenvalue weighted by atomic mass is 19.1. The highest BCUT2D eigenvalue weighted by molar-refractivity contribution is 5.89. The van der Waals surface area contributed by atoms with Gasteiger partial charge in [0.25, 0.3) is 5.56 Å². The van der Waals surface area contributed by atoms with Gasteiger partial charge >= 0.3 is 6.09 Å². The number of halogens is 1. The van der Waals surface area contributed by atoms with Gasteiger partial charge in [0.15, 0.2) is 11.5 Å². The lowest BCUT2D eigenvalue weighted by atomic mass is 10.0. The number of benzene rings is 1. The third-order valence-electron chi connectivity index (χ3n) is 6.41. The average molecular weight is 477 g/mol. The Kier molecular flexibility index (Phi) is 5.42. The normalized spacial score (nSPS) is 16.4. The molecule has 8 heteroatoms. The van der Waals surface area contributed by atoms with Crippen LogP contribution in [0.2, 0.25) is 0 Å². The molecule has 4 aromatic rings. The summed E-state index contributed by atoms with van der Waals surface area (Å²) in [4.78, 5) is 31.7. The third kappa shape index (κ3) is 4.29. The van der Waals surface area contributed by atoms with Gasteiger partial charge < -0.3 is 18.6 Å². The van der Waals surface area contributed by atoms with Crippen molar-refractivity contribution in [2.45, 2.75) is 52.7 Å². The Morgan fingerprint density at radius 2 is 1.86 bits per heavy atom. The Balaban J connectivity index is 1.48. The second-order valence-electron chi connectivity index (χ2n) is 10.3. The molecule has 1 aromatic carbocycles. The fraction of sp³-hybridized carbons (Fsp3) is 0.370. The van der Waals surface area contributed by atoms with Crippen LogP contribution in [0.1, 0.15) is 44.5 Å². The molecule has 0 saturated carbocycles. The summed E-state index contributed by atoms with van der Waals surface area (Å²) in [5.74, 6) is -0.390. The van der Waals surface area contributed by atoms with E-state index in [1.165, 1.54) is 6.07 Å². The molecular formula is C27H29FN4O3. The molecule has 0 spiro atoms. The van der Waals surface area contributed by atoms with Crippen LogP contribution in [0.15, 0.2) is 47.7 Å². The topological polar surface area (TPSA) is 68.8 Å². The Bertz CT molecular complexity index is 1530. The number of nitrogens with zero attached hydrogens (tertiary/aromatic N) is 4. The Morgan fingerprint density at radius 3 is 2.60 bits per heavy atom. The third-order valence-corrected chi connectivity index (χ3v) is 6.41. The zero-order valence-corrected chi connectivity index (χ0v) is 20.6. The molecule has 1 aliphatic rings. The number of ether oxygens (including phenoxy) is 1. The number of likely N-dealkylation sites (tertiary alicyclic amines) is 1. The molecule has 1 saturated heterocycles. The Hall–Kier alpha value is -3.68. The van der Waals surface area contributed by atoms with Crippen LogP contribution in [0.5, 0.6) is 0 Å². The van der Waals surface area contributed by atoms with E-state index in [2.05, 4.69) is 4.98 Å². The summed E-state index contributed by atoms with van der Waals surface area (Å²) in [6.45, 7) is 10.3. The van der Waals surface area contributed by atoms with Crippen LogP contribution >= 0.6 is 0 Å². The number of carbonyl (C=O) groups excluding carboxylic acids is 1. The maximum Gasteiger partial charge on any atom is 0.410 e. The van der Waals surface area contributed by atoms with Gasteiger partial charge in [0.1, 0.15) is 5.60 Å². The van der Waals surface area contributed by atoms with Crippen LogP contribution < -0.4 is 5.56 Å². The van der Waals surface area contributed by atoms with E-state index in [1.54, 1.807) is 26.1 Å². The Morgan fingerprint density at radius 1 is 1.09 bits per heavy atom. The largest absolute Gasteiger partial charge is 0.444 e. The molecule has 0 bridgehead atoms. The predicted octanol–water partition coefficient (Wildman–Crippen LogP) is 5.25. The van der Waals surface area contributed by atoms with Gasteiger partial charge in [0.05, 0.1) is 11.7 Å². The molecule has 3 aromatic heterocycles. The summed E-state index contributed by atoms with van der Waals surface area (Å²) in [5.41, 5.74) is 2.85. The number of pyridine rings is 2. The quantitative estimate of drug-likeness (QED) is 0.396. The zero-order chi connectivity index (χ0) is 25.1. The molecule has 7 nitrogen and oxygen atoms in total. The lowest BCUT2D eigenvalue weighted by Crippen LogP contribution is -2.36. The van der Waals surface area contributed by atoms with Crippen molar-refractivity contribution in [1.29, 1.82) is 0 Å². The molecule has 0 N–H and O–H groups in total. The first-order valence-corrected chi connectivity index (χ1v) is 11.8. The van der Waals surface area contributed by atoms with E-state index in [9.17, 15) is 14.0 Å². The van der Waals surface area contributed by atoms with Crippen molar-refractivity contribution in [1.82, 2.24) is 18.9 Å². The van der Waals surface area contributed by atoms with Crippen molar-refractivity contribution in [2.24, 2.45) is 0 Å². The summed E-state index contributed by atoms with van der Waals surface area (Å²) >= 11 is 0. The van der Waals surface area contributed by atoms with E-state index in [1.807, 2.05) is 59.1 Å². The van der Waals surface area contributed by atoms with Gasteiger partial charge in [0, 0.05) is 42.6 Å². The van der Waals surface area contributed by atoms with Crippen molar-refractivity contribution in [3.8, 4) is 11.1 Å². The molecule has 1 unspecified atom stereocenters. The van der Waals surface area contributed by atoms with E-state index in [4.69, 9.17) is 4.74 Å². The second kappa shape index (κ2) is 8.22. The fourth-order valence-electron chi connectivity index (χ4n) is 4.78. The minimum Gasteiger partial charge on any atom is -0.444 e. The van der Waals surface area contributed by atoms with Crippen molar-refractivity contribution in [3.63, 3.8) is 0 Å². The van der Waals surface area contributed by atoms with Gasteiger partial charge in [-0.2, -0.15) is 0 Å². The molecule has 1 aliphatic heterocycles. The van der Waals surface area contributed by atoms with Gasteiger partial charge in [-0.1, -0.05) is 6.07 Å². The minimum absolute atomic E-state index is 0.0972. The second-order valence-corrected chi connectivity index (χ2v) is 10.3. The number of imidazole rings is 1. The number of rotatable bonds is 2. The summed E-state index contributed by atoms with van der Waals surface area (Å²) < 4.78 is 23.5. The van der Waals surface area contributed by atoms with Gasteiger partial charge in [-0.25, -0.2) is 14.2 Å². The first-order chi connectivity index (χ1) is 16.5. The van der Waals surface area contributed by atoms with Crippen molar-refractivity contribution >= 4 is 22.5 Å². The van der Waals surface area contributed by atoms with Crippen LogP contribution in [0, 0.1) is 19.7 Å². The van der Waals surface area contributed by atoms with Crippen LogP contribution in [0.3, 0.4) is 0 Å². The SMILES string of the molecule is Cc1cn2cc(-c3ccc4c(=O)n(C5CCN(C(=O)OC(C)(C)C)C5)cc(C)c4c3)cc(F)c2n1. The number of hydrogen-bond acceptors (Lipinski definition) is 4. The summed E-state index contributed by atoms with van der Waals surface area (Å²) in [6, 6.07) is 6.95. The fourth-order valence-corrected chi connectivity index (χ4v) is 4.78. The molecule has 1 fully saturated rings. The molecule has 1 amide bonds. The summed E-state index contributed by atoms with van der Waals surface area (Å²) in [5, 5.41) is 1.43. The first kappa shape index (κ1) is 23.1. The molecule has 4 heterocycles. The van der Waals surface area contributed by atoms with E-state index in [0.29, 0.717) is 36.1 Å². The van der Waals surface area contributed by atoms with Gasteiger partial charge in [-0.05, 0) is 75.8 Å².